The van der Waals surface area contributed by atoms with E-state index in [2.05, 4.69) is 29.6 Å². The average molecular weight is 475 g/mol. The van der Waals surface area contributed by atoms with E-state index >= 15 is 0 Å². The predicted octanol–water partition coefficient (Wildman–Crippen LogP) is 5.77. The Kier molecular flexibility index (Phi) is 18.4. The largest absolute Gasteiger partial charge is 0.503 e. The van der Waals surface area contributed by atoms with Gasteiger partial charge in [0.25, 0.3) is 10.9 Å². The van der Waals surface area contributed by atoms with Crippen LogP contribution in [-0.4, -0.2) is 21.2 Å². The summed E-state index contributed by atoms with van der Waals surface area (Å²) < 4.78 is 1.17. The molecule has 1 aromatic heterocycles. The number of unbranched alkanes of at least 4 members (excludes halogenated alkanes) is 1. The van der Waals surface area contributed by atoms with Gasteiger partial charge >= 0.3 is 0 Å². The highest BCUT2D eigenvalue weighted by molar-refractivity contribution is 5.84. The standard InChI is InChI=1S/C16H14N4O4.C4H10.3C2H6/c1-20-10(8-21)13(22)16(19-20)18-12-11(14(23)15(12)24)17-7-9-5-3-2-4-6-9;1-3-4-2;3*1-2/h2-6,8,17,22H,7H2,1H3,(H,18,19);3-4H2,1-2H3;3*1-2H3. The van der Waals surface area contributed by atoms with E-state index in [1.54, 1.807) is 0 Å². The number of anilines is 3. The normalized spacial score (nSPS) is 8.97. The molecule has 0 aliphatic rings. The van der Waals surface area contributed by atoms with E-state index in [1.807, 2.05) is 71.9 Å². The monoisotopic (exact) mass is 474 g/mol. The van der Waals surface area contributed by atoms with Crippen molar-refractivity contribution in [1.82, 2.24) is 9.78 Å². The third-order valence-electron chi connectivity index (χ3n) is 4.14. The number of nitrogens with zero attached hydrogens (tertiary/aromatic N) is 2. The second-order valence-electron chi connectivity index (χ2n) is 6.20. The van der Waals surface area contributed by atoms with Gasteiger partial charge in [-0.1, -0.05) is 98.6 Å². The van der Waals surface area contributed by atoms with E-state index in [4.69, 9.17) is 0 Å². The van der Waals surface area contributed by atoms with Crippen molar-refractivity contribution in [1.29, 1.82) is 0 Å². The van der Waals surface area contributed by atoms with E-state index in [1.165, 1.54) is 24.6 Å². The van der Waals surface area contributed by atoms with Crippen molar-refractivity contribution in [3.63, 3.8) is 0 Å². The molecule has 0 unspecified atom stereocenters. The van der Waals surface area contributed by atoms with Crippen molar-refractivity contribution in [2.75, 3.05) is 10.6 Å². The molecule has 0 amide bonds. The Balaban J connectivity index is 0. The Morgan fingerprint density at radius 2 is 1.41 bits per heavy atom. The van der Waals surface area contributed by atoms with Gasteiger partial charge in [-0.05, 0) is 5.56 Å². The summed E-state index contributed by atoms with van der Waals surface area (Å²) in [5, 5.41) is 19.3. The van der Waals surface area contributed by atoms with Gasteiger partial charge < -0.3 is 15.7 Å². The molecule has 34 heavy (non-hydrogen) atoms. The van der Waals surface area contributed by atoms with Crippen LogP contribution in [0.1, 0.15) is 84.3 Å². The minimum atomic E-state index is -0.705. The Hall–Kier alpha value is -3.42. The molecule has 0 saturated heterocycles. The Labute approximate surface area is 203 Å². The van der Waals surface area contributed by atoms with Crippen molar-refractivity contribution >= 4 is 23.5 Å². The predicted molar refractivity (Wildman–Crippen MR) is 143 cm³/mol. The number of rotatable bonds is 7. The Morgan fingerprint density at radius 1 is 0.912 bits per heavy atom. The summed E-state index contributed by atoms with van der Waals surface area (Å²) in [6, 6.07) is 9.37. The first-order chi connectivity index (χ1) is 16.4. The van der Waals surface area contributed by atoms with Gasteiger partial charge in [0, 0.05) is 13.6 Å². The van der Waals surface area contributed by atoms with Crippen LogP contribution in [0.5, 0.6) is 5.75 Å². The SMILES string of the molecule is CC.CC.CC.CCCC.Cn1nc(Nc2c(NCc3ccccc3)c(=O)c2=O)c(O)c1C=O. The van der Waals surface area contributed by atoms with Gasteiger partial charge in [0.2, 0.25) is 0 Å². The van der Waals surface area contributed by atoms with E-state index in [0.717, 1.165) is 5.56 Å². The van der Waals surface area contributed by atoms with Crippen molar-refractivity contribution in [2.24, 2.45) is 7.05 Å². The lowest BCUT2D eigenvalue weighted by atomic mass is 10.1. The number of benzene rings is 1. The number of carbonyl (C=O) groups is 1. The summed E-state index contributed by atoms with van der Waals surface area (Å²) in [6.45, 7) is 16.7. The van der Waals surface area contributed by atoms with Gasteiger partial charge in [-0.15, -0.1) is 0 Å². The zero-order chi connectivity index (χ0) is 26.7. The number of hydrogen-bond acceptors (Lipinski definition) is 7. The summed E-state index contributed by atoms with van der Waals surface area (Å²) in [5.74, 6) is -0.441. The molecule has 0 aliphatic carbocycles. The summed E-state index contributed by atoms with van der Waals surface area (Å²) >= 11 is 0. The van der Waals surface area contributed by atoms with Crippen LogP contribution < -0.4 is 21.5 Å². The molecule has 3 rings (SSSR count). The van der Waals surface area contributed by atoms with E-state index in [0.29, 0.717) is 12.8 Å². The fraction of sp³-hybridized carbons (Fsp3) is 0.462. The number of aromatic nitrogens is 2. The lowest BCUT2D eigenvalue weighted by Crippen LogP contribution is -2.36. The highest BCUT2D eigenvalue weighted by Crippen LogP contribution is 2.29. The molecule has 3 N–H and O–H groups in total. The molecule has 0 fully saturated rings. The zero-order valence-electron chi connectivity index (χ0n) is 22.2. The summed E-state index contributed by atoms with van der Waals surface area (Å²) in [7, 11) is 1.48. The lowest BCUT2D eigenvalue weighted by Gasteiger charge is -2.13. The molecule has 0 bridgehead atoms. The van der Waals surface area contributed by atoms with E-state index < -0.39 is 10.9 Å². The topological polar surface area (TPSA) is 113 Å². The molecule has 0 spiro atoms. The number of carbonyl (C=O) groups excluding carboxylic acids is 1. The molecule has 0 aliphatic heterocycles. The second-order valence-corrected chi connectivity index (χ2v) is 6.20. The fourth-order valence-electron chi connectivity index (χ4n) is 2.33. The van der Waals surface area contributed by atoms with Crippen molar-refractivity contribution in [3.8, 4) is 5.75 Å². The quantitative estimate of drug-likeness (QED) is 0.294. The molecule has 0 saturated carbocycles. The van der Waals surface area contributed by atoms with Crippen molar-refractivity contribution in [2.45, 2.75) is 74.8 Å². The maximum absolute atomic E-state index is 11.8. The van der Waals surface area contributed by atoms with Crippen LogP contribution in [-0.2, 0) is 13.6 Å². The highest BCUT2D eigenvalue weighted by atomic mass is 16.3. The molecular formula is C26H42N4O4. The first-order valence-corrected chi connectivity index (χ1v) is 12.0. The van der Waals surface area contributed by atoms with Gasteiger partial charge in [0.15, 0.2) is 17.9 Å². The molecule has 0 radical (unpaired) electrons. The number of aromatic hydroxyl groups is 1. The summed E-state index contributed by atoms with van der Waals surface area (Å²) in [6.07, 6.45) is 3.09. The smallest absolute Gasteiger partial charge is 0.253 e. The van der Waals surface area contributed by atoms with Crippen LogP contribution in [0.4, 0.5) is 17.2 Å². The summed E-state index contributed by atoms with van der Waals surface area (Å²) in [4.78, 5) is 34.4. The number of aldehydes is 1. The first kappa shape index (κ1) is 32.8. The fourth-order valence-corrected chi connectivity index (χ4v) is 2.33. The molecule has 1 heterocycles. The molecule has 3 aromatic rings. The molecule has 0 atom stereocenters. The maximum Gasteiger partial charge on any atom is 0.253 e. The molecule has 190 valence electrons. The third-order valence-corrected chi connectivity index (χ3v) is 4.14. The lowest BCUT2D eigenvalue weighted by molar-refractivity contribution is 0.111. The third kappa shape index (κ3) is 9.21. The van der Waals surface area contributed by atoms with E-state index in [9.17, 15) is 19.5 Å². The average Bonchev–Trinajstić information content (AvgIpc) is 3.19. The van der Waals surface area contributed by atoms with Crippen molar-refractivity contribution in [3.05, 3.63) is 62.0 Å². The maximum atomic E-state index is 11.8. The van der Waals surface area contributed by atoms with Crippen LogP contribution in [0.3, 0.4) is 0 Å². The van der Waals surface area contributed by atoms with Crippen molar-refractivity contribution < 1.29 is 9.90 Å². The van der Waals surface area contributed by atoms with Crippen LogP contribution in [0, 0.1) is 0 Å². The van der Waals surface area contributed by atoms with Gasteiger partial charge in [-0.3, -0.25) is 19.1 Å². The van der Waals surface area contributed by atoms with Crippen LogP contribution >= 0.6 is 0 Å². The van der Waals surface area contributed by atoms with Gasteiger partial charge in [-0.25, -0.2) is 0 Å². The minimum Gasteiger partial charge on any atom is -0.503 e. The van der Waals surface area contributed by atoms with Gasteiger partial charge in [-0.2, -0.15) is 5.10 Å². The molecular weight excluding hydrogens is 432 g/mol. The Morgan fingerprint density at radius 3 is 1.85 bits per heavy atom. The van der Waals surface area contributed by atoms with Crippen LogP contribution in [0.25, 0.3) is 0 Å². The van der Waals surface area contributed by atoms with E-state index in [-0.39, 0.29) is 28.6 Å². The molecule has 8 heteroatoms. The number of nitrogens with one attached hydrogen (secondary N) is 2. The summed E-state index contributed by atoms with van der Waals surface area (Å²) in [5.41, 5.74) is -0.290. The van der Waals surface area contributed by atoms with Gasteiger partial charge in [0.1, 0.15) is 17.1 Å². The first-order valence-electron chi connectivity index (χ1n) is 12.0. The highest BCUT2D eigenvalue weighted by Gasteiger charge is 2.24. The minimum absolute atomic E-state index is 0.0155. The zero-order valence-corrected chi connectivity index (χ0v) is 22.2. The molecule has 2 aromatic carbocycles. The Bertz CT molecular complexity index is 1000. The van der Waals surface area contributed by atoms with Crippen LogP contribution in [0.15, 0.2) is 39.9 Å². The number of aryl methyl sites for hydroxylation is 1. The number of hydrogen-bond donors (Lipinski definition) is 3. The van der Waals surface area contributed by atoms with Crippen LogP contribution in [0.2, 0.25) is 0 Å². The second kappa shape index (κ2) is 19.1. The molecule has 8 nitrogen and oxygen atoms in total. The van der Waals surface area contributed by atoms with Gasteiger partial charge in [0.05, 0.1) is 0 Å².